The summed E-state index contributed by atoms with van der Waals surface area (Å²) in [6.45, 7) is 0.608. The molecule has 0 spiro atoms. The van der Waals surface area contributed by atoms with Gasteiger partial charge in [0.15, 0.2) is 0 Å². The van der Waals surface area contributed by atoms with Crippen molar-refractivity contribution in [2.45, 2.75) is 25.3 Å². The third kappa shape index (κ3) is 6.47. The van der Waals surface area contributed by atoms with Crippen LogP contribution in [-0.2, 0) is 22.4 Å². The van der Waals surface area contributed by atoms with E-state index in [0.717, 1.165) is 32.7 Å². The van der Waals surface area contributed by atoms with Gasteiger partial charge in [-0.3, -0.25) is 9.59 Å². The van der Waals surface area contributed by atoms with Gasteiger partial charge in [0.05, 0.1) is 12.5 Å². The molecule has 6 nitrogen and oxygen atoms in total. The van der Waals surface area contributed by atoms with E-state index < -0.39 is 12.0 Å². The van der Waals surface area contributed by atoms with Crippen molar-refractivity contribution in [1.29, 1.82) is 0 Å². The summed E-state index contributed by atoms with van der Waals surface area (Å²) in [5.74, 6) is -1.26. The monoisotopic (exact) mass is 483 g/mol. The molecular weight excluding hydrogens is 450 g/mol. The van der Waals surface area contributed by atoms with Gasteiger partial charge in [-0.15, -0.1) is 0 Å². The maximum absolute atomic E-state index is 13.2. The molecule has 0 fully saturated rings. The lowest BCUT2D eigenvalue weighted by Crippen LogP contribution is -2.50. The third-order valence-electron chi connectivity index (χ3n) is 6.45. The number of hydrogen-bond donors (Lipinski definition) is 4. The molecule has 0 saturated heterocycles. The van der Waals surface area contributed by atoms with Crippen LogP contribution >= 0.6 is 0 Å². The smallest absolute Gasteiger partial charge is 0.242 e. The van der Waals surface area contributed by atoms with Crippen LogP contribution < -0.4 is 16.4 Å². The molecule has 0 aliphatic heterocycles. The molecule has 4 aromatic carbocycles. The molecule has 0 saturated carbocycles. The molecular formula is C30H33N3O3. The maximum Gasteiger partial charge on any atom is 0.242 e. The van der Waals surface area contributed by atoms with Crippen molar-refractivity contribution in [1.82, 2.24) is 10.6 Å². The van der Waals surface area contributed by atoms with E-state index in [0.29, 0.717) is 32.4 Å². The number of rotatable bonds is 11. The third-order valence-corrected chi connectivity index (χ3v) is 6.45. The fourth-order valence-corrected chi connectivity index (χ4v) is 4.43. The summed E-state index contributed by atoms with van der Waals surface area (Å²) >= 11 is 0. The van der Waals surface area contributed by atoms with Gasteiger partial charge in [0.1, 0.15) is 6.04 Å². The van der Waals surface area contributed by atoms with Gasteiger partial charge in [-0.05, 0) is 52.1 Å². The summed E-state index contributed by atoms with van der Waals surface area (Å²) in [7, 11) is 0. The molecule has 6 heteroatoms. The Morgan fingerprint density at radius 2 is 1.31 bits per heavy atom. The topological polar surface area (TPSA) is 104 Å². The van der Waals surface area contributed by atoms with Gasteiger partial charge in [0.2, 0.25) is 11.8 Å². The highest BCUT2D eigenvalue weighted by Gasteiger charge is 2.26. The molecule has 4 rings (SSSR count). The van der Waals surface area contributed by atoms with E-state index in [4.69, 9.17) is 5.73 Å². The van der Waals surface area contributed by atoms with E-state index in [-0.39, 0.29) is 18.4 Å². The Balaban J connectivity index is 1.49. The van der Waals surface area contributed by atoms with Crippen LogP contribution in [0, 0.1) is 5.92 Å². The van der Waals surface area contributed by atoms with Gasteiger partial charge >= 0.3 is 0 Å². The Hall–Kier alpha value is -3.74. The first-order valence-corrected chi connectivity index (χ1v) is 12.4. The summed E-state index contributed by atoms with van der Waals surface area (Å²) in [5, 5.41) is 20.2. The van der Waals surface area contributed by atoms with Crippen LogP contribution in [0.25, 0.3) is 21.5 Å². The van der Waals surface area contributed by atoms with Gasteiger partial charge in [-0.2, -0.15) is 0 Å². The zero-order chi connectivity index (χ0) is 25.3. The summed E-state index contributed by atoms with van der Waals surface area (Å²) in [6.07, 6.45) is 1.38. The summed E-state index contributed by atoms with van der Waals surface area (Å²) < 4.78 is 0. The van der Waals surface area contributed by atoms with Crippen molar-refractivity contribution in [2.75, 3.05) is 19.7 Å². The molecule has 0 radical (unpaired) electrons. The minimum Gasteiger partial charge on any atom is -0.396 e. The van der Waals surface area contributed by atoms with Gasteiger partial charge in [-0.1, -0.05) is 84.9 Å². The second kappa shape index (κ2) is 12.3. The minimum absolute atomic E-state index is 0.257. The van der Waals surface area contributed by atoms with Gasteiger partial charge in [0, 0.05) is 13.0 Å². The van der Waals surface area contributed by atoms with Crippen LogP contribution in [0.15, 0.2) is 84.9 Å². The highest BCUT2D eigenvalue weighted by atomic mass is 16.3. The summed E-state index contributed by atoms with van der Waals surface area (Å²) in [4.78, 5) is 26.2. The number of hydrogen-bond acceptors (Lipinski definition) is 4. The van der Waals surface area contributed by atoms with E-state index in [9.17, 15) is 14.7 Å². The van der Waals surface area contributed by atoms with E-state index in [1.54, 1.807) is 0 Å². The predicted molar refractivity (Wildman–Crippen MR) is 144 cm³/mol. The lowest BCUT2D eigenvalue weighted by atomic mass is 9.96. The molecule has 0 bridgehead atoms. The van der Waals surface area contributed by atoms with Crippen LogP contribution in [0.5, 0.6) is 0 Å². The van der Waals surface area contributed by atoms with E-state index in [1.165, 1.54) is 0 Å². The van der Waals surface area contributed by atoms with Crippen LogP contribution in [-0.4, -0.2) is 42.7 Å². The lowest BCUT2D eigenvalue weighted by molar-refractivity contribution is -0.131. The maximum atomic E-state index is 13.2. The van der Waals surface area contributed by atoms with Crippen molar-refractivity contribution in [3.05, 3.63) is 96.1 Å². The average Bonchev–Trinajstić information content (AvgIpc) is 2.91. The first-order valence-electron chi connectivity index (χ1n) is 12.4. The van der Waals surface area contributed by atoms with Crippen molar-refractivity contribution in [3.63, 3.8) is 0 Å². The number of aliphatic hydroxyl groups is 1. The van der Waals surface area contributed by atoms with E-state index in [1.807, 2.05) is 84.9 Å². The quantitative estimate of drug-likeness (QED) is 0.246. The molecule has 2 amide bonds. The molecule has 186 valence electrons. The van der Waals surface area contributed by atoms with Gasteiger partial charge < -0.3 is 21.5 Å². The second-order valence-corrected chi connectivity index (χ2v) is 9.15. The average molecular weight is 484 g/mol. The number of fused-ring (bicyclic) bond motifs is 2. The first-order chi connectivity index (χ1) is 17.6. The zero-order valence-electron chi connectivity index (χ0n) is 20.3. The highest BCUT2D eigenvalue weighted by molar-refractivity contribution is 5.89. The van der Waals surface area contributed by atoms with Crippen LogP contribution in [0.2, 0.25) is 0 Å². The predicted octanol–water partition coefficient (Wildman–Crippen LogP) is 3.34. The largest absolute Gasteiger partial charge is 0.396 e. The van der Waals surface area contributed by atoms with Crippen LogP contribution in [0.3, 0.4) is 0 Å². The number of amides is 2. The fourth-order valence-electron chi connectivity index (χ4n) is 4.43. The summed E-state index contributed by atoms with van der Waals surface area (Å²) in [5.41, 5.74) is 7.47. The van der Waals surface area contributed by atoms with E-state index >= 15 is 0 Å². The molecule has 0 aliphatic carbocycles. The number of nitrogens with one attached hydrogen (secondary N) is 2. The Bertz CT molecular complexity index is 1340. The first kappa shape index (κ1) is 25.4. The van der Waals surface area contributed by atoms with Gasteiger partial charge in [-0.25, -0.2) is 0 Å². The number of benzene rings is 4. The number of aliphatic hydroxyl groups excluding tert-OH is 1. The Kier molecular flexibility index (Phi) is 8.66. The van der Waals surface area contributed by atoms with Crippen molar-refractivity contribution in [2.24, 2.45) is 11.7 Å². The van der Waals surface area contributed by atoms with Crippen molar-refractivity contribution >= 4 is 33.4 Å². The zero-order valence-corrected chi connectivity index (χ0v) is 20.3. The van der Waals surface area contributed by atoms with Crippen molar-refractivity contribution in [3.8, 4) is 0 Å². The second-order valence-electron chi connectivity index (χ2n) is 9.15. The SMILES string of the molecule is NCCCNC(=O)C(Cc1ccc2ccccc2c1)NC(=O)C(CO)Cc1ccc2ccccc2c1. The Morgan fingerprint density at radius 1 is 0.750 bits per heavy atom. The molecule has 2 atom stereocenters. The molecule has 0 aromatic heterocycles. The normalized spacial score (nSPS) is 12.8. The molecule has 5 N–H and O–H groups in total. The van der Waals surface area contributed by atoms with Crippen molar-refractivity contribution < 1.29 is 14.7 Å². The highest BCUT2D eigenvalue weighted by Crippen LogP contribution is 2.19. The standard InChI is InChI=1S/C30H33N3O3/c31-14-5-15-32-30(36)28(19-22-11-13-24-7-2-4-9-26(24)17-22)33-29(35)27(20-34)18-21-10-12-23-6-1-3-8-25(23)16-21/h1-4,6-13,16-17,27-28,34H,5,14-15,18-20,31H2,(H,32,36)(H,33,35). The van der Waals surface area contributed by atoms with Crippen LogP contribution in [0.4, 0.5) is 0 Å². The molecule has 0 heterocycles. The number of carbonyl (C=O) groups is 2. The van der Waals surface area contributed by atoms with E-state index in [2.05, 4.69) is 10.6 Å². The molecule has 2 unspecified atom stereocenters. The molecule has 4 aromatic rings. The minimum atomic E-state index is -0.762. The number of nitrogens with two attached hydrogens (primary N) is 1. The number of carbonyl (C=O) groups excluding carboxylic acids is 2. The van der Waals surface area contributed by atoms with Gasteiger partial charge in [0.25, 0.3) is 0 Å². The summed E-state index contributed by atoms with van der Waals surface area (Å²) in [6, 6.07) is 27.4. The molecule has 0 aliphatic rings. The lowest BCUT2D eigenvalue weighted by Gasteiger charge is -2.22. The fraction of sp³-hybridized carbons (Fsp3) is 0.267. The molecule has 36 heavy (non-hydrogen) atoms. The Labute approximate surface area is 211 Å². The Morgan fingerprint density at radius 3 is 1.86 bits per heavy atom. The van der Waals surface area contributed by atoms with Crippen LogP contribution in [0.1, 0.15) is 17.5 Å².